The van der Waals surface area contributed by atoms with Gasteiger partial charge in [-0.2, -0.15) is 0 Å². The number of thioether (sulfide) groups is 1. The van der Waals surface area contributed by atoms with Gasteiger partial charge < -0.3 is 10.1 Å². The standard InChI is InChI=1S/C22H24N4O2S/c1-4-14-26-20(18-10-12-19(28-3)13-11-18)24-25-22(26)29-16(2)21(27)23-15-17-8-6-5-7-9-17/h4-13,16H,1,14-15H2,2-3H3,(H,23,27). The summed E-state index contributed by atoms with van der Waals surface area (Å²) < 4.78 is 7.17. The molecule has 0 aliphatic heterocycles. The minimum absolute atomic E-state index is 0.0435. The number of allylic oxidation sites excluding steroid dienone is 1. The van der Waals surface area contributed by atoms with Crippen LogP contribution in [0.15, 0.2) is 72.4 Å². The second-order valence-electron chi connectivity index (χ2n) is 6.40. The highest BCUT2D eigenvalue weighted by atomic mass is 32.2. The first kappa shape index (κ1) is 20.7. The second kappa shape index (κ2) is 9.93. The molecule has 1 N–H and O–H groups in total. The third-order valence-electron chi connectivity index (χ3n) is 4.34. The Morgan fingerprint density at radius 1 is 1.21 bits per heavy atom. The van der Waals surface area contributed by atoms with Gasteiger partial charge >= 0.3 is 0 Å². The van der Waals surface area contributed by atoms with Crippen molar-refractivity contribution in [1.29, 1.82) is 0 Å². The van der Waals surface area contributed by atoms with E-state index in [1.54, 1.807) is 13.2 Å². The van der Waals surface area contributed by atoms with Gasteiger partial charge in [-0.05, 0) is 36.8 Å². The Kier molecular flexibility index (Phi) is 7.08. The number of carbonyl (C=O) groups excluding carboxylic acids is 1. The molecule has 1 unspecified atom stereocenters. The predicted octanol–water partition coefficient (Wildman–Crippen LogP) is 3.94. The number of methoxy groups -OCH3 is 1. The van der Waals surface area contributed by atoms with Gasteiger partial charge in [-0.25, -0.2) is 0 Å². The van der Waals surface area contributed by atoms with Crippen LogP contribution in [-0.2, 0) is 17.9 Å². The molecule has 3 aromatic rings. The molecule has 7 heteroatoms. The van der Waals surface area contributed by atoms with Crippen LogP contribution in [0.2, 0.25) is 0 Å². The van der Waals surface area contributed by atoms with Gasteiger partial charge in [0.1, 0.15) is 5.75 Å². The molecule has 0 saturated heterocycles. The molecule has 0 aliphatic carbocycles. The van der Waals surface area contributed by atoms with E-state index in [0.29, 0.717) is 18.2 Å². The normalized spacial score (nSPS) is 11.7. The first-order chi connectivity index (χ1) is 14.1. The van der Waals surface area contributed by atoms with E-state index in [4.69, 9.17) is 4.74 Å². The molecule has 0 aliphatic rings. The van der Waals surface area contributed by atoms with Crippen molar-refractivity contribution in [2.75, 3.05) is 7.11 Å². The van der Waals surface area contributed by atoms with E-state index < -0.39 is 0 Å². The van der Waals surface area contributed by atoms with Crippen molar-refractivity contribution in [3.8, 4) is 17.1 Å². The molecule has 2 aromatic carbocycles. The fourth-order valence-electron chi connectivity index (χ4n) is 2.76. The predicted molar refractivity (Wildman–Crippen MR) is 116 cm³/mol. The lowest BCUT2D eigenvalue weighted by molar-refractivity contribution is -0.120. The number of amides is 1. The Morgan fingerprint density at radius 2 is 1.93 bits per heavy atom. The van der Waals surface area contributed by atoms with Gasteiger partial charge in [0.05, 0.1) is 12.4 Å². The summed E-state index contributed by atoms with van der Waals surface area (Å²) in [6, 6.07) is 17.5. The van der Waals surface area contributed by atoms with Gasteiger partial charge in [0.15, 0.2) is 11.0 Å². The number of benzene rings is 2. The highest BCUT2D eigenvalue weighted by Crippen LogP contribution is 2.28. The largest absolute Gasteiger partial charge is 0.497 e. The number of rotatable bonds is 9. The molecule has 6 nitrogen and oxygen atoms in total. The van der Waals surface area contributed by atoms with Crippen LogP contribution in [0.4, 0.5) is 0 Å². The molecule has 0 spiro atoms. The summed E-state index contributed by atoms with van der Waals surface area (Å²) in [5, 5.41) is 12.0. The van der Waals surface area contributed by atoms with Gasteiger partial charge in [-0.1, -0.05) is 48.2 Å². The summed E-state index contributed by atoms with van der Waals surface area (Å²) in [5.41, 5.74) is 1.99. The lowest BCUT2D eigenvalue weighted by atomic mass is 10.2. The minimum Gasteiger partial charge on any atom is -0.497 e. The van der Waals surface area contributed by atoms with E-state index in [1.165, 1.54) is 11.8 Å². The Morgan fingerprint density at radius 3 is 2.59 bits per heavy atom. The van der Waals surface area contributed by atoms with Crippen molar-refractivity contribution >= 4 is 17.7 Å². The number of ether oxygens (including phenoxy) is 1. The third-order valence-corrected chi connectivity index (χ3v) is 5.42. The van der Waals surface area contributed by atoms with E-state index in [1.807, 2.05) is 66.1 Å². The Balaban J connectivity index is 1.71. The number of aromatic nitrogens is 3. The minimum atomic E-state index is -0.310. The molecule has 0 saturated carbocycles. The zero-order valence-corrected chi connectivity index (χ0v) is 17.4. The third kappa shape index (κ3) is 5.26. The van der Waals surface area contributed by atoms with Crippen LogP contribution in [0.3, 0.4) is 0 Å². The van der Waals surface area contributed by atoms with E-state index in [0.717, 1.165) is 22.7 Å². The van der Waals surface area contributed by atoms with Crippen LogP contribution in [0.5, 0.6) is 5.75 Å². The Labute approximate surface area is 175 Å². The number of hydrogen-bond donors (Lipinski definition) is 1. The maximum atomic E-state index is 12.5. The summed E-state index contributed by atoms with van der Waals surface area (Å²) in [5.74, 6) is 1.46. The molecular weight excluding hydrogens is 384 g/mol. The van der Waals surface area contributed by atoms with Crippen molar-refractivity contribution in [1.82, 2.24) is 20.1 Å². The monoisotopic (exact) mass is 408 g/mol. The van der Waals surface area contributed by atoms with E-state index >= 15 is 0 Å². The van der Waals surface area contributed by atoms with Crippen molar-refractivity contribution in [2.45, 2.75) is 30.4 Å². The molecule has 3 rings (SSSR count). The summed E-state index contributed by atoms with van der Waals surface area (Å²) >= 11 is 1.38. The highest BCUT2D eigenvalue weighted by molar-refractivity contribution is 8.00. The quantitative estimate of drug-likeness (QED) is 0.429. The van der Waals surface area contributed by atoms with E-state index in [-0.39, 0.29) is 11.2 Å². The zero-order chi connectivity index (χ0) is 20.6. The SMILES string of the molecule is C=CCn1c(SC(C)C(=O)NCc2ccccc2)nnc1-c1ccc(OC)cc1. The average Bonchev–Trinajstić information content (AvgIpc) is 3.15. The zero-order valence-electron chi connectivity index (χ0n) is 16.5. The lowest BCUT2D eigenvalue weighted by Gasteiger charge is -2.13. The first-order valence-electron chi connectivity index (χ1n) is 9.29. The van der Waals surface area contributed by atoms with Gasteiger partial charge in [0, 0.05) is 18.7 Å². The maximum Gasteiger partial charge on any atom is 0.233 e. The summed E-state index contributed by atoms with van der Waals surface area (Å²) in [7, 11) is 1.63. The van der Waals surface area contributed by atoms with Crippen LogP contribution < -0.4 is 10.1 Å². The van der Waals surface area contributed by atoms with Gasteiger partial charge in [0.25, 0.3) is 0 Å². The molecule has 1 amide bonds. The fourth-order valence-corrected chi connectivity index (χ4v) is 3.65. The number of hydrogen-bond acceptors (Lipinski definition) is 5. The topological polar surface area (TPSA) is 69.0 Å². The molecule has 1 aromatic heterocycles. The van der Waals surface area contributed by atoms with Crippen molar-refractivity contribution < 1.29 is 9.53 Å². The van der Waals surface area contributed by atoms with E-state index in [9.17, 15) is 4.79 Å². The number of nitrogens with zero attached hydrogens (tertiary/aromatic N) is 3. The van der Waals surface area contributed by atoms with Gasteiger partial charge in [-0.3, -0.25) is 9.36 Å². The molecule has 0 radical (unpaired) electrons. The smallest absolute Gasteiger partial charge is 0.233 e. The summed E-state index contributed by atoms with van der Waals surface area (Å²) in [4.78, 5) is 12.5. The van der Waals surface area contributed by atoms with Crippen molar-refractivity contribution in [3.05, 3.63) is 72.8 Å². The molecule has 1 atom stereocenters. The molecule has 150 valence electrons. The fraction of sp³-hybridized carbons (Fsp3) is 0.227. The molecule has 29 heavy (non-hydrogen) atoms. The molecular formula is C22H24N4O2S. The maximum absolute atomic E-state index is 12.5. The van der Waals surface area contributed by atoms with Gasteiger partial charge in [0.2, 0.25) is 5.91 Å². The van der Waals surface area contributed by atoms with Crippen LogP contribution in [0, 0.1) is 0 Å². The highest BCUT2D eigenvalue weighted by Gasteiger charge is 2.20. The second-order valence-corrected chi connectivity index (χ2v) is 7.71. The Bertz CT molecular complexity index is 955. The average molecular weight is 409 g/mol. The van der Waals surface area contributed by atoms with Crippen LogP contribution >= 0.6 is 11.8 Å². The molecule has 1 heterocycles. The van der Waals surface area contributed by atoms with Crippen LogP contribution in [0.1, 0.15) is 12.5 Å². The lowest BCUT2D eigenvalue weighted by Crippen LogP contribution is -2.30. The number of nitrogens with one attached hydrogen (secondary N) is 1. The van der Waals surface area contributed by atoms with Gasteiger partial charge in [-0.15, -0.1) is 16.8 Å². The van der Waals surface area contributed by atoms with Crippen molar-refractivity contribution in [3.63, 3.8) is 0 Å². The molecule has 0 fully saturated rings. The summed E-state index contributed by atoms with van der Waals surface area (Å²) in [6.07, 6.45) is 1.79. The van der Waals surface area contributed by atoms with Crippen LogP contribution in [-0.4, -0.2) is 33.0 Å². The Hall–Kier alpha value is -3.06. The number of carbonyl (C=O) groups is 1. The summed E-state index contributed by atoms with van der Waals surface area (Å²) in [6.45, 7) is 6.75. The van der Waals surface area contributed by atoms with E-state index in [2.05, 4.69) is 22.1 Å². The van der Waals surface area contributed by atoms with Crippen molar-refractivity contribution in [2.24, 2.45) is 0 Å². The first-order valence-corrected chi connectivity index (χ1v) is 10.2. The van der Waals surface area contributed by atoms with Crippen LogP contribution in [0.25, 0.3) is 11.4 Å². The molecule has 0 bridgehead atoms.